The van der Waals surface area contributed by atoms with E-state index in [1.807, 2.05) is 12.1 Å². The molecule has 1 aromatic rings. The lowest BCUT2D eigenvalue weighted by Crippen LogP contribution is -2.57. The van der Waals surface area contributed by atoms with Gasteiger partial charge in [0.25, 0.3) is 0 Å². The van der Waals surface area contributed by atoms with Gasteiger partial charge in [0.2, 0.25) is 17.7 Å². The SMILES string of the molecule is CCCCC[C@H](O)CC[C@@H]1[C@H]2Cc3cccc(OCC(=O)O)c3C[C@H]2C[C@H]1OC(=O)[C@@H]1CCCC[C@@H]1C(=O)NCCCCCCSC1CC(=O)N(C(C)(C)C2(C)CCCCCCCCCCCC2)C1=O. The Bertz CT molecular complexity index is 1840. The topological polar surface area (TPSA) is 160 Å². The van der Waals surface area contributed by atoms with Gasteiger partial charge in [-0.05, 0) is 137 Å². The highest BCUT2D eigenvalue weighted by molar-refractivity contribution is 8.00. The maximum absolute atomic E-state index is 14.2. The zero-order valence-corrected chi connectivity index (χ0v) is 44.6. The third-order valence-corrected chi connectivity index (χ3v) is 19.2. The maximum atomic E-state index is 14.2. The predicted octanol–water partition coefficient (Wildman–Crippen LogP) is 12.0. The van der Waals surface area contributed by atoms with Crippen molar-refractivity contribution in [1.82, 2.24) is 10.2 Å². The second-order valence-electron chi connectivity index (χ2n) is 23.0. The Morgan fingerprint density at radius 1 is 0.843 bits per heavy atom. The molecule has 4 aliphatic carbocycles. The van der Waals surface area contributed by atoms with Crippen molar-refractivity contribution in [2.45, 2.75) is 243 Å². The smallest absolute Gasteiger partial charge is 0.341 e. The van der Waals surface area contributed by atoms with Crippen LogP contribution in [0.25, 0.3) is 0 Å². The van der Waals surface area contributed by atoms with Crippen molar-refractivity contribution < 1.29 is 43.7 Å². The molecule has 12 heteroatoms. The Kier molecular flexibility index (Phi) is 22.3. The Morgan fingerprint density at radius 3 is 2.20 bits per heavy atom. The summed E-state index contributed by atoms with van der Waals surface area (Å²) in [5.41, 5.74) is 1.56. The van der Waals surface area contributed by atoms with Crippen molar-refractivity contribution in [1.29, 1.82) is 0 Å². The minimum absolute atomic E-state index is 0.00262. The maximum Gasteiger partial charge on any atom is 0.341 e. The third kappa shape index (κ3) is 15.2. The summed E-state index contributed by atoms with van der Waals surface area (Å²) in [6.07, 6.45) is 28.7. The summed E-state index contributed by atoms with van der Waals surface area (Å²) in [7, 11) is 0. The molecule has 4 fully saturated rings. The van der Waals surface area contributed by atoms with Crippen molar-refractivity contribution in [3.8, 4) is 5.75 Å². The number of aliphatic hydroxyl groups excluding tert-OH is 1. The van der Waals surface area contributed by atoms with Crippen LogP contribution in [0.1, 0.15) is 219 Å². The molecule has 70 heavy (non-hydrogen) atoms. The number of hydrogen-bond acceptors (Lipinski definition) is 9. The number of unbranched alkanes of at least 4 members (excludes halogenated alkanes) is 5. The average Bonchev–Trinajstić information content (AvgIpc) is 3.83. The van der Waals surface area contributed by atoms with Crippen LogP contribution in [-0.4, -0.2) is 86.7 Å². The number of thioether (sulfide) groups is 1. The van der Waals surface area contributed by atoms with Crippen molar-refractivity contribution in [2.75, 3.05) is 18.9 Å². The monoisotopic (exact) mass is 993 g/mol. The Morgan fingerprint density at radius 2 is 1.51 bits per heavy atom. The standard InChI is InChI=1S/C58H92N2O9S/c1-5-6-17-26-43(61)30-31-44-47-36-41-25-24-29-49(68-40-53(63)64)48(41)37-42(47)38-50(44)69-56(67)46-28-19-18-27-45(46)54(65)59-34-22-15-16-23-35-70-51-39-52(62)60(55(51)66)57(2,3)58(4)32-20-13-11-9-7-8-10-12-14-21-33-58/h24-25,29,42-47,50-51,61H,5-23,26-28,30-40H2,1-4H3,(H,59,65)(H,63,64)/t42-,43-,44+,45-,46+,47-,50+,51?/m0/s1. The van der Waals surface area contributed by atoms with E-state index in [1.165, 1.54) is 51.4 Å². The van der Waals surface area contributed by atoms with Crippen LogP contribution in [0.5, 0.6) is 5.75 Å². The van der Waals surface area contributed by atoms with Crippen molar-refractivity contribution in [2.24, 2.45) is 35.0 Å². The number of amides is 3. The van der Waals surface area contributed by atoms with Gasteiger partial charge in [-0.1, -0.05) is 135 Å². The largest absolute Gasteiger partial charge is 0.482 e. The Labute approximate surface area is 425 Å². The molecule has 3 N–H and O–H groups in total. The molecule has 1 aliphatic heterocycles. The summed E-state index contributed by atoms with van der Waals surface area (Å²) in [5, 5.41) is 23.1. The molecule has 0 radical (unpaired) electrons. The first-order chi connectivity index (χ1) is 33.7. The van der Waals surface area contributed by atoms with Crippen LogP contribution in [0.3, 0.4) is 0 Å². The number of carbonyl (C=O) groups is 5. The van der Waals surface area contributed by atoms with Gasteiger partial charge in [0.05, 0.1) is 28.7 Å². The predicted molar refractivity (Wildman–Crippen MR) is 279 cm³/mol. The summed E-state index contributed by atoms with van der Waals surface area (Å²) in [6, 6.07) is 5.86. The number of esters is 1. The minimum Gasteiger partial charge on any atom is -0.482 e. The molecule has 5 aliphatic rings. The zero-order chi connectivity index (χ0) is 50.1. The van der Waals surface area contributed by atoms with Crippen LogP contribution in [-0.2, 0) is 41.6 Å². The number of aliphatic carboxylic acids is 1. The van der Waals surface area contributed by atoms with Crippen molar-refractivity contribution in [3.05, 3.63) is 29.3 Å². The van der Waals surface area contributed by atoms with Gasteiger partial charge >= 0.3 is 11.9 Å². The van der Waals surface area contributed by atoms with E-state index in [-0.39, 0.29) is 58.2 Å². The van der Waals surface area contributed by atoms with Gasteiger partial charge in [-0.2, -0.15) is 0 Å². The molecule has 1 unspecified atom stereocenters. The molecular formula is C58H92N2O9S. The summed E-state index contributed by atoms with van der Waals surface area (Å²) in [6.45, 7) is 8.95. The average molecular weight is 993 g/mol. The highest BCUT2D eigenvalue weighted by Crippen LogP contribution is 2.51. The highest BCUT2D eigenvalue weighted by Gasteiger charge is 2.53. The number of benzene rings is 1. The molecule has 0 aromatic heterocycles. The lowest BCUT2D eigenvalue weighted by atomic mass is 9.65. The number of fused-ring (bicyclic) bond motifs is 2. The fourth-order valence-corrected chi connectivity index (χ4v) is 14.4. The lowest BCUT2D eigenvalue weighted by molar-refractivity contribution is -0.162. The number of rotatable bonds is 23. The summed E-state index contributed by atoms with van der Waals surface area (Å²) >= 11 is 1.64. The van der Waals surface area contributed by atoms with Crippen LogP contribution in [0.4, 0.5) is 0 Å². The summed E-state index contributed by atoms with van der Waals surface area (Å²) < 4.78 is 12.3. The molecule has 3 saturated carbocycles. The molecule has 1 saturated heterocycles. The number of nitrogens with one attached hydrogen (secondary N) is 1. The van der Waals surface area contributed by atoms with E-state index in [1.54, 1.807) is 16.7 Å². The number of carbonyl (C=O) groups excluding carboxylic acids is 4. The van der Waals surface area contributed by atoms with Gasteiger partial charge in [0.15, 0.2) is 6.61 Å². The van der Waals surface area contributed by atoms with Crippen LogP contribution in [0.2, 0.25) is 0 Å². The number of nitrogens with zero attached hydrogens (tertiary/aromatic N) is 1. The number of aliphatic hydroxyl groups is 1. The number of imide groups is 1. The molecule has 3 amide bonds. The molecule has 394 valence electrons. The Balaban J connectivity index is 0.949. The molecule has 1 heterocycles. The first-order valence-corrected chi connectivity index (χ1v) is 29.4. The van der Waals surface area contributed by atoms with Gasteiger partial charge in [-0.15, -0.1) is 11.8 Å². The second-order valence-corrected chi connectivity index (χ2v) is 24.3. The molecule has 0 bridgehead atoms. The summed E-state index contributed by atoms with van der Waals surface area (Å²) in [4.78, 5) is 68.5. The summed E-state index contributed by atoms with van der Waals surface area (Å²) in [5.74, 6) is -0.249. The van der Waals surface area contributed by atoms with Crippen LogP contribution < -0.4 is 10.1 Å². The van der Waals surface area contributed by atoms with Gasteiger partial charge < -0.3 is 25.0 Å². The first-order valence-electron chi connectivity index (χ1n) is 28.3. The molecule has 1 aromatic carbocycles. The van der Waals surface area contributed by atoms with E-state index in [4.69, 9.17) is 9.47 Å². The van der Waals surface area contributed by atoms with Crippen LogP contribution in [0, 0.1) is 35.0 Å². The van der Waals surface area contributed by atoms with Crippen LogP contribution in [0.15, 0.2) is 18.2 Å². The number of carboxylic acids is 1. The first kappa shape index (κ1) is 56.2. The van der Waals surface area contributed by atoms with Gasteiger partial charge in [0.1, 0.15) is 11.9 Å². The highest BCUT2D eigenvalue weighted by atomic mass is 32.2. The fourth-order valence-electron chi connectivity index (χ4n) is 13.2. The third-order valence-electron chi connectivity index (χ3n) is 17.9. The van der Waals surface area contributed by atoms with Crippen LogP contribution >= 0.6 is 11.8 Å². The Hall–Kier alpha value is -3.12. The van der Waals surface area contributed by atoms with Gasteiger partial charge in [-0.3, -0.25) is 24.1 Å². The lowest BCUT2D eigenvalue weighted by Gasteiger charge is -2.49. The molecule has 11 nitrogen and oxygen atoms in total. The molecule has 8 atom stereocenters. The number of carboxylic acid groups (broad SMARTS) is 1. The van der Waals surface area contributed by atoms with Gasteiger partial charge in [-0.25, -0.2) is 4.79 Å². The van der Waals surface area contributed by atoms with E-state index < -0.39 is 36.1 Å². The zero-order valence-electron chi connectivity index (χ0n) is 43.8. The molecule has 0 spiro atoms. The number of ether oxygens (including phenoxy) is 2. The van der Waals surface area contributed by atoms with Gasteiger partial charge in [0, 0.05) is 13.0 Å². The van der Waals surface area contributed by atoms with Crippen molar-refractivity contribution in [3.63, 3.8) is 0 Å². The van der Waals surface area contributed by atoms with E-state index >= 15 is 0 Å². The number of hydrogen-bond donors (Lipinski definition) is 3. The second kappa shape index (κ2) is 27.8. The quantitative estimate of drug-likeness (QED) is 0.0547. The normalized spacial score (nSPS) is 27.0. The molecule has 6 rings (SSSR count). The number of likely N-dealkylation sites (tertiary alicyclic amines) is 1. The van der Waals surface area contributed by atoms with Crippen molar-refractivity contribution >= 4 is 41.4 Å². The van der Waals surface area contributed by atoms with E-state index in [9.17, 15) is 34.2 Å². The minimum atomic E-state index is -1.02. The molecular weight excluding hydrogens is 901 g/mol. The van der Waals surface area contributed by atoms with E-state index in [0.29, 0.717) is 44.4 Å². The van der Waals surface area contributed by atoms with E-state index in [0.717, 1.165) is 126 Å². The van der Waals surface area contributed by atoms with E-state index in [2.05, 4.69) is 39.1 Å². The fraction of sp³-hybridized carbons (Fsp3) is 0.810.